The van der Waals surface area contributed by atoms with Crippen molar-refractivity contribution in [2.75, 3.05) is 6.26 Å². The molecule has 0 aliphatic carbocycles. The van der Waals surface area contributed by atoms with Crippen molar-refractivity contribution in [3.05, 3.63) is 80.8 Å². The summed E-state index contributed by atoms with van der Waals surface area (Å²) in [5, 5.41) is 3.89. The Morgan fingerprint density at radius 3 is 2.41 bits per heavy atom. The van der Waals surface area contributed by atoms with Crippen LogP contribution in [0.3, 0.4) is 0 Å². The van der Waals surface area contributed by atoms with Crippen LogP contribution in [0.5, 0.6) is 0 Å². The summed E-state index contributed by atoms with van der Waals surface area (Å²) in [6.07, 6.45) is 3.66. The number of amides is 1. The summed E-state index contributed by atoms with van der Waals surface area (Å²) in [6.45, 7) is 0.272. The van der Waals surface area contributed by atoms with E-state index in [1.165, 1.54) is 9.13 Å². The summed E-state index contributed by atoms with van der Waals surface area (Å²) in [4.78, 5) is 30.9. The number of halogens is 2. The number of carbonyl (C=O) groups is 1. The predicted molar refractivity (Wildman–Crippen MR) is 130 cm³/mol. The smallest absolute Gasteiger partial charge is 0.330 e. The molecule has 0 bridgehead atoms. The van der Waals surface area contributed by atoms with Crippen LogP contribution < -0.4 is 11.0 Å². The van der Waals surface area contributed by atoms with Gasteiger partial charge in [0, 0.05) is 40.3 Å². The van der Waals surface area contributed by atoms with E-state index in [0.29, 0.717) is 27.8 Å². The number of carbonyl (C=O) groups excluding carboxylic acids is 1. The van der Waals surface area contributed by atoms with Crippen LogP contribution in [0.2, 0.25) is 10.0 Å². The van der Waals surface area contributed by atoms with Crippen LogP contribution in [0.4, 0.5) is 0 Å². The molecule has 2 aromatic carbocycles. The van der Waals surface area contributed by atoms with Gasteiger partial charge >= 0.3 is 5.69 Å². The zero-order chi connectivity index (χ0) is 22.8. The third-order valence-corrected chi connectivity index (χ3v) is 6.31. The zero-order valence-corrected chi connectivity index (χ0v) is 19.8. The number of hydrogen-bond donors (Lipinski definition) is 1. The Morgan fingerprint density at radius 1 is 1.06 bits per heavy atom. The highest BCUT2D eigenvalue weighted by Crippen LogP contribution is 2.28. The minimum Gasteiger partial charge on any atom is -0.350 e. The fourth-order valence-corrected chi connectivity index (χ4v) is 4.37. The van der Waals surface area contributed by atoms with Gasteiger partial charge in [0.25, 0.3) is 0 Å². The minimum absolute atomic E-state index is 0.117. The van der Waals surface area contributed by atoms with Crippen LogP contribution in [0.25, 0.3) is 22.3 Å². The van der Waals surface area contributed by atoms with Gasteiger partial charge in [0.1, 0.15) is 6.54 Å². The van der Waals surface area contributed by atoms with Crippen LogP contribution in [-0.2, 0) is 24.9 Å². The Bertz CT molecular complexity index is 1340. The molecule has 0 atom stereocenters. The van der Waals surface area contributed by atoms with Crippen LogP contribution in [0.15, 0.2) is 64.4 Å². The minimum atomic E-state index is -0.312. The van der Waals surface area contributed by atoms with Gasteiger partial charge in [-0.25, -0.2) is 9.78 Å². The van der Waals surface area contributed by atoms with E-state index in [1.807, 2.05) is 36.6 Å². The number of hydrogen-bond acceptors (Lipinski definition) is 4. The van der Waals surface area contributed by atoms with Gasteiger partial charge in [0.2, 0.25) is 5.91 Å². The van der Waals surface area contributed by atoms with E-state index in [0.717, 1.165) is 21.6 Å². The number of nitrogens with one attached hydrogen (secondary N) is 1. The topological polar surface area (TPSA) is 68.9 Å². The lowest BCUT2D eigenvalue weighted by Crippen LogP contribution is -2.32. The second-order valence-electron chi connectivity index (χ2n) is 7.28. The SMILES string of the molecule is CSc1ccc(CNC(=O)Cn2c(=O)n(C)c3cc(-c4cc(Cl)cc(Cl)c4)cnc32)cc1. The third kappa shape index (κ3) is 4.70. The molecule has 4 aromatic rings. The normalized spacial score (nSPS) is 11.1. The number of nitrogens with zero attached hydrogens (tertiary/aromatic N) is 3. The number of pyridine rings is 1. The molecule has 164 valence electrons. The third-order valence-electron chi connectivity index (χ3n) is 5.13. The van der Waals surface area contributed by atoms with E-state index < -0.39 is 0 Å². The average molecular weight is 487 g/mol. The summed E-state index contributed by atoms with van der Waals surface area (Å²) in [7, 11) is 1.66. The van der Waals surface area contributed by atoms with Gasteiger partial charge in [-0.2, -0.15) is 0 Å². The first-order chi connectivity index (χ1) is 15.4. The molecule has 2 heterocycles. The molecule has 0 saturated heterocycles. The number of imidazole rings is 1. The first kappa shape index (κ1) is 22.5. The first-order valence-electron chi connectivity index (χ1n) is 9.77. The van der Waals surface area contributed by atoms with Crippen molar-refractivity contribution in [2.45, 2.75) is 18.0 Å². The molecule has 0 aliphatic heterocycles. The molecule has 0 saturated carbocycles. The molecular weight excluding hydrogens is 467 g/mol. The molecular formula is C23H20Cl2N4O2S. The Balaban J connectivity index is 1.56. The van der Waals surface area contributed by atoms with Crippen molar-refractivity contribution >= 4 is 52.0 Å². The second kappa shape index (κ2) is 9.40. The summed E-state index contributed by atoms with van der Waals surface area (Å²) in [5.74, 6) is -0.263. The van der Waals surface area contributed by atoms with Gasteiger partial charge in [0.05, 0.1) is 5.52 Å². The number of aromatic nitrogens is 3. The van der Waals surface area contributed by atoms with Crippen molar-refractivity contribution in [1.29, 1.82) is 0 Å². The highest BCUT2D eigenvalue weighted by molar-refractivity contribution is 7.98. The van der Waals surface area contributed by atoms with Crippen LogP contribution >= 0.6 is 35.0 Å². The molecule has 0 fully saturated rings. The number of thioether (sulfide) groups is 1. The molecule has 1 amide bonds. The molecule has 4 rings (SSSR count). The van der Waals surface area contributed by atoms with Gasteiger partial charge < -0.3 is 5.32 Å². The standard InChI is InChI=1S/C23H20Cl2N4O2S/c1-28-20-9-16(15-7-17(24)10-18(25)8-15)12-27-22(20)29(23(28)31)13-21(30)26-11-14-3-5-19(32-2)6-4-14/h3-10,12H,11,13H2,1-2H3,(H,26,30). The fourth-order valence-electron chi connectivity index (χ4n) is 3.44. The Labute approximate surface area is 199 Å². The van der Waals surface area contributed by atoms with E-state index >= 15 is 0 Å². The largest absolute Gasteiger partial charge is 0.350 e. The van der Waals surface area contributed by atoms with Gasteiger partial charge in [-0.1, -0.05) is 35.3 Å². The van der Waals surface area contributed by atoms with Gasteiger partial charge in [-0.3, -0.25) is 13.9 Å². The lowest BCUT2D eigenvalue weighted by molar-refractivity contribution is -0.121. The van der Waals surface area contributed by atoms with E-state index in [4.69, 9.17) is 23.2 Å². The average Bonchev–Trinajstić information content (AvgIpc) is 3.01. The number of aryl methyl sites for hydroxylation is 1. The Hall–Kier alpha value is -2.74. The lowest BCUT2D eigenvalue weighted by atomic mass is 10.1. The molecule has 0 spiro atoms. The highest BCUT2D eigenvalue weighted by Gasteiger charge is 2.16. The summed E-state index contributed by atoms with van der Waals surface area (Å²) in [6, 6.07) is 15.0. The van der Waals surface area contributed by atoms with Gasteiger partial charge in [-0.15, -0.1) is 11.8 Å². The Morgan fingerprint density at radius 2 is 1.75 bits per heavy atom. The maximum atomic E-state index is 12.8. The molecule has 2 aromatic heterocycles. The Kier molecular flexibility index (Phi) is 6.60. The van der Waals surface area contributed by atoms with E-state index in [1.54, 1.807) is 43.2 Å². The molecule has 9 heteroatoms. The first-order valence-corrected chi connectivity index (χ1v) is 11.7. The maximum absolute atomic E-state index is 12.8. The van der Waals surface area contributed by atoms with E-state index in [2.05, 4.69) is 10.3 Å². The van der Waals surface area contributed by atoms with Crippen LogP contribution in [0, 0.1) is 0 Å². The van der Waals surface area contributed by atoms with Crippen molar-refractivity contribution in [3.63, 3.8) is 0 Å². The molecule has 0 unspecified atom stereocenters. The molecule has 32 heavy (non-hydrogen) atoms. The van der Waals surface area contributed by atoms with Gasteiger partial charge in [0.15, 0.2) is 5.65 Å². The van der Waals surface area contributed by atoms with Gasteiger partial charge in [-0.05, 0) is 53.8 Å². The van der Waals surface area contributed by atoms with Crippen molar-refractivity contribution in [2.24, 2.45) is 7.05 Å². The second-order valence-corrected chi connectivity index (χ2v) is 9.03. The molecule has 0 radical (unpaired) electrons. The number of benzene rings is 2. The maximum Gasteiger partial charge on any atom is 0.330 e. The molecule has 1 N–H and O–H groups in total. The molecule has 6 nitrogen and oxygen atoms in total. The lowest BCUT2D eigenvalue weighted by Gasteiger charge is -2.07. The summed E-state index contributed by atoms with van der Waals surface area (Å²) < 4.78 is 2.85. The predicted octanol–water partition coefficient (Wildman–Crippen LogP) is 4.75. The number of fused-ring (bicyclic) bond motifs is 1. The number of rotatable bonds is 6. The summed E-state index contributed by atoms with van der Waals surface area (Å²) in [5.41, 5.74) is 3.30. The summed E-state index contributed by atoms with van der Waals surface area (Å²) >= 11 is 13.9. The quantitative estimate of drug-likeness (QED) is 0.399. The zero-order valence-electron chi connectivity index (χ0n) is 17.4. The molecule has 0 aliphatic rings. The monoisotopic (exact) mass is 486 g/mol. The van der Waals surface area contributed by atoms with Crippen molar-refractivity contribution in [1.82, 2.24) is 19.4 Å². The van der Waals surface area contributed by atoms with Crippen LogP contribution in [0.1, 0.15) is 5.56 Å². The van der Waals surface area contributed by atoms with Crippen molar-refractivity contribution < 1.29 is 4.79 Å². The van der Waals surface area contributed by atoms with E-state index in [9.17, 15) is 9.59 Å². The fraction of sp³-hybridized carbons (Fsp3) is 0.174. The van der Waals surface area contributed by atoms with E-state index in [-0.39, 0.29) is 18.1 Å². The van der Waals surface area contributed by atoms with Crippen molar-refractivity contribution in [3.8, 4) is 11.1 Å². The van der Waals surface area contributed by atoms with Crippen LogP contribution in [-0.4, -0.2) is 26.3 Å². The highest BCUT2D eigenvalue weighted by atomic mass is 35.5.